The summed E-state index contributed by atoms with van der Waals surface area (Å²) in [5, 5.41) is 2.86. The lowest BCUT2D eigenvalue weighted by Crippen LogP contribution is -2.43. The molecule has 2 fully saturated rings. The SMILES string of the molecule is COC(=O)Nc1cc(-c2cccc(CN(C(=O)OC)C3CCC(N)CC3)c2)ccc1N1CCOCC1. The van der Waals surface area contributed by atoms with Crippen LogP contribution in [-0.2, 0) is 20.8 Å². The third-order valence-corrected chi connectivity index (χ3v) is 6.97. The van der Waals surface area contributed by atoms with Crippen molar-refractivity contribution in [3.05, 3.63) is 48.0 Å². The fraction of sp³-hybridized carbons (Fsp3) is 0.481. The van der Waals surface area contributed by atoms with Crippen molar-refractivity contribution < 1.29 is 23.8 Å². The van der Waals surface area contributed by atoms with Gasteiger partial charge in [-0.25, -0.2) is 9.59 Å². The monoisotopic (exact) mass is 496 g/mol. The molecule has 4 rings (SSSR count). The second-order valence-electron chi connectivity index (χ2n) is 9.31. The lowest BCUT2D eigenvalue weighted by atomic mass is 9.90. The van der Waals surface area contributed by atoms with Crippen LogP contribution in [0.2, 0.25) is 0 Å². The summed E-state index contributed by atoms with van der Waals surface area (Å²) in [5.74, 6) is 0. The van der Waals surface area contributed by atoms with Crippen LogP contribution < -0.4 is 16.0 Å². The molecule has 0 aromatic heterocycles. The van der Waals surface area contributed by atoms with Gasteiger partial charge in [0.2, 0.25) is 0 Å². The predicted octanol–water partition coefficient (Wildman–Crippen LogP) is 4.21. The number of nitrogens with two attached hydrogens (primary N) is 1. The highest BCUT2D eigenvalue weighted by molar-refractivity contribution is 5.91. The zero-order valence-electron chi connectivity index (χ0n) is 21.1. The van der Waals surface area contributed by atoms with Crippen LogP contribution in [0.15, 0.2) is 42.5 Å². The molecule has 2 amide bonds. The van der Waals surface area contributed by atoms with Gasteiger partial charge in [0.25, 0.3) is 0 Å². The molecular formula is C27H36N4O5. The van der Waals surface area contributed by atoms with Gasteiger partial charge < -0.3 is 29.7 Å². The van der Waals surface area contributed by atoms with Crippen LogP contribution >= 0.6 is 0 Å². The Morgan fingerprint density at radius 1 is 1.03 bits per heavy atom. The number of rotatable bonds is 6. The van der Waals surface area contributed by atoms with E-state index >= 15 is 0 Å². The zero-order chi connectivity index (χ0) is 25.5. The molecule has 0 radical (unpaired) electrons. The molecule has 2 aromatic rings. The Hall–Kier alpha value is -3.30. The van der Waals surface area contributed by atoms with Gasteiger partial charge in [0.05, 0.1) is 38.8 Å². The van der Waals surface area contributed by atoms with Crippen molar-refractivity contribution in [2.24, 2.45) is 5.73 Å². The van der Waals surface area contributed by atoms with Crippen LogP contribution in [0.25, 0.3) is 11.1 Å². The van der Waals surface area contributed by atoms with Gasteiger partial charge in [-0.1, -0.05) is 24.3 Å². The molecule has 1 heterocycles. The third kappa shape index (κ3) is 6.27. The first kappa shape index (κ1) is 25.8. The van der Waals surface area contributed by atoms with Crippen molar-refractivity contribution in [3.63, 3.8) is 0 Å². The first-order chi connectivity index (χ1) is 17.5. The minimum Gasteiger partial charge on any atom is -0.453 e. The summed E-state index contributed by atoms with van der Waals surface area (Å²) in [6.07, 6.45) is 2.73. The molecule has 3 N–H and O–H groups in total. The number of carbonyl (C=O) groups excluding carboxylic acids is 2. The van der Waals surface area contributed by atoms with Gasteiger partial charge >= 0.3 is 12.2 Å². The second kappa shape index (κ2) is 12.1. The van der Waals surface area contributed by atoms with Gasteiger partial charge in [-0.05, 0) is 60.6 Å². The number of nitrogens with zero attached hydrogens (tertiary/aromatic N) is 2. The molecule has 0 bridgehead atoms. The van der Waals surface area contributed by atoms with E-state index < -0.39 is 6.09 Å². The average molecular weight is 497 g/mol. The molecule has 194 valence electrons. The van der Waals surface area contributed by atoms with E-state index in [1.807, 2.05) is 41.3 Å². The summed E-state index contributed by atoms with van der Waals surface area (Å²) in [6.45, 7) is 3.25. The van der Waals surface area contributed by atoms with Crippen molar-refractivity contribution in [3.8, 4) is 11.1 Å². The summed E-state index contributed by atoms with van der Waals surface area (Å²) >= 11 is 0. The summed E-state index contributed by atoms with van der Waals surface area (Å²) in [4.78, 5) is 28.7. The fourth-order valence-corrected chi connectivity index (χ4v) is 4.98. The third-order valence-electron chi connectivity index (χ3n) is 6.97. The quantitative estimate of drug-likeness (QED) is 0.617. The van der Waals surface area contributed by atoms with Gasteiger partial charge in [-0.2, -0.15) is 0 Å². The maximum absolute atomic E-state index is 12.6. The van der Waals surface area contributed by atoms with Crippen LogP contribution in [0.4, 0.5) is 21.0 Å². The van der Waals surface area contributed by atoms with E-state index in [1.165, 1.54) is 14.2 Å². The van der Waals surface area contributed by atoms with Crippen LogP contribution in [-0.4, -0.2) is 69.7 Å². The van der Waals surface area contributed by atoms with Crippen molar-refractivity contribution in [1.29, 1.82) is 0 Å². The minimum atomic E-state index is -0.517. The average Bonchev–Trinajstić information content (AvgIpc) is 2.92. The summed E-state index contributed by atoms with van der Waals surface area (Å²) in [7, 11) is 2.77. The van der Waals surface area contributed by atoms with E-state index in [9.17, 15) is 9.59 Å². The van der Waals surface area contributed by atoms with E-state index in [-0.39, 0.29) is 18.2 Å². The molecule has 0 spiro atoms. The highest BCUT2D eigenvalue weighted by atomic mass is 16.5. The Labute approximate surface area is 212 Å². The Bertz CT molecular complexity index is 1050. The molecule has 9 nitrogen and oxygen atoms in total. The van der Waals surface area contributed by atoms with Crippen molar-refractivity contribution >= 4 is 23.6 Å². The normalized spacial score (nSPS) is 19.9. The van der Waals surface area contributed by atoms with E-state index in [2.05, 4.69) is 16.3 Å². The van der Waals surface area contributed by atoms with E-state index in [0.29, 0.717) is 25.4 Å². The molecule has 36 heavy (non-hydrogen) atoms. The van der Waals surface area contributed by atoms with Crippen molar-refractivity contribution in [2.75, 3.05) is 50.7 Å². The largest absolute Gasteiger partial charge is 0.453 e. The molecule has 9 heteroatoms. The van der Waals surface area contributed by atoms with Crippen LogP contribution in [0, 0.1) is 0 Å². The summed E-state index contributed by atoms with van der Waals surface area (Å²) < 4.78 is 15.4. The van der Waals surface area contributed by atoms with Crippen LogP contribution in [0.1, 0.15) is 31.2 Å². The first-order valence-electron chi connectivity index (χ1n) is 12.5. The number of methoxy groups -OCH3 is 2. The van der Waals surface area contributed by atoms with Gasteiger partial charge in [0, 0.05) is 31.7 Å². The highest BCUT2D eigenvalue weighted by Gasteiger charge is 2.28. The number of hydrogen-bond donors (Lipinski definition) is 2. The summed E-state index contributed by atoms with van der Waals surface area (Å²) in [6, 6.07) is 14.5. The predicted molar refractivity (Wildman–Crippen MR) is 139 cm³/mol. The lowest BCUT2D eigenvalue weighted by Gasteiger charge is -2.35. The Morgan fingerprint density at radius 3 is 2.44 bits per heavy atom. The molecule has 1 aliphatic carbocycles. The summed E-state index contributed by atoms with van der Waals surface area (Å²) in [5.41, 5.74) is 10.6. The molecule has 2 aliphatic rings. The van der Waals surface area contributed by atoms with E-state index in [0.717, 1.165) is 61.2 Å². The fourth-order valence-electron chi connectivity index (χ4n) is 4.98. The molecule has 1 saturated carbocycles. The van der Waals surface area contributed by atoms with Gasteiger partial charge in [0.1, 0.15) is 0 Å². The smallest absolute Gasteiger partial charge is 0.411 e. The number of morpholine rings is 1. The van der Waals surface area contributed by atoms with E-state index in [4.69, 9.17) is 19.9 Å². The highest BCUT2D eigenvalue weighted by Crippen LogP contribution is 2.33. The van der Waals surface area contributed by atoms with Gasteiger partial charge in [0.15, 0.2) is 0 Å². The topological polar surface area (TPSA) is 106 Å². The Kier molecular flexibility index (Phi) is 8.66. The standard InChI is InChI=1S/C27H36N4O5/c1-34-26(32)29-24-17-21(6-11-25(24)30-12-14-36-15-13-30)20-5-3-4-19(16-20)18-31(27(33)35-2)23-9-7-22(28)8-10-23/h3-6,11,16-17,22-23H,7-10,12-15,18,28H2,1-2H3,(H,29,32). The maximum Gasteiger partial charge on any atom is 0.411 e. The molecule has 2 aromatic carbocycles. The van der Waals surface area contributed by atoms with Crippen LogP contribution in [0.5, 0.6) is 0 Å². The van der Waals surface area contributed by atoms with E-state index in [1.54, 1.807) is 0 Å². The van der Waals surface area contributed by atoms with Gasteiger partial charge in [-0.3, -0.25) is 5.32 Å². The Morgan fingerprint density at radius 2 is 1.75 bits per heavy atom. The Balaban J connectivity index is 1.59. The van der Waals surface area contributed by atoms with Crippen LogP contribution in [0.3, 0.4) is 0 Å². The number of hydrogen-bond acceptors (Lipinski definition) is 7. The number of anilines is 2. The molecule has 1 aliphatic heterocycles. The number of amides is 2. The van der Waals surface area contributed by atoms with Gasteiger partial charge in [-0.15, -0.1) is 0 Å². The molecular weight excluding hydrogens is 460 g/mol. The molecule has 0 atom stereocenters. The molecule has 1 saturated heterocycles. The number of carbonyl (C=O) groups is 2. The number of ether oxygens (including phenoxy) is 3. The zero-order valence-corrected chi connectivity index (χ0v) is 21.1. The number of benzene rings is 2. The molecule has 0 unspecified atom stereocenters. The van der Waals surface area contributed by atoms with Crippen molar-refractivity contribution in [1.82, 2.24) is 4.90 Å². The number of nitrogens with one attached hydrogen (secondary N) is 1. The van der Waals surface area contributed by atoms with Crippen molar-refractivity contribution in [2.45, 2.75) is 44.3 Å². The maximum atomic E-state index is 12.6. The minimum absolute atomic E-state index is 0.115. The lowest BCUT2D eigenvalue weighted by molar-refractivity contribution is 0.0879. The first-order valence-corrected chi connectivity index (χ1v) is 12.5. The second-order valence-corrected chi connectivity index (χ2v) is 9.31.